The van der Waals surface area contributed by atoms with Crippen molar-refractivity contribution in [2.75, 3.05) is 10.8 Å². The summed E-state index contributed by atoms with van der Waals surface area (Å²) in [6, 6.07) is 25.9. The Morgan fingerprint density at radius 1 is 0.826 bits per heavy atom. The molecule has 9 heteroatoms. The van der Waals surface area contributed by atoms with Gasteiger partial charge in [0.2, 0.25) is 11.8 Å². The van der Waals surface area contributed by atoms with Crippen LogP contribution in [0, 0.1) is 26.6 Å². The smallest absolute Gasteiger partial charge is 0.264 e. The first-order valence-electron chi connectivity index (χ1n) is 15.2. The number of carbonyl (C=O) groups is 2. The minimum Gasteiger partial charge on any atom is -0.350 e. The Hall–Kier alpha value is -4.50. The second-order valence-corrected chi connectivity index (χ2v) is 14.5. The normalized spacial score (nSPS) is 12.3. The lowest BCUT2D eigenvalue weighted by atomic mass is 10.0. The van der Waals surface area contributed by atoms with Crippen LogP contribution in [0.3, 0.4) is 0 Å². The zero-order valence-electron chi connectivity index (χ0n) is 27.2. The number of aryl methyl sites for hydroxylation is 2. The van der Waals surface area contributed by atoms with Gasteiger partial charge in [-0.2, -0.15) is 0 Å². The average molecular weight is 644 g/mol. The van der Waals surface area contributed by atoms with E-state index >= 15 is 4.39 Å². The van der Waals surface area contributed by atoms with Crippen molar-refractivity contribution in [1.29, 1.82) is 0 Å². The Kier molecular flexibility index (Phi) is 10.7. The molecule has 0 unspecified atom stereocenters. The Balaban J connectivity index is 1.86. The maximum absolute atomic E-state index is 15.1. The number of benzene rings is 4. The third-order valence-electron chi connectivity index (χ3n) is 7.80. The average Bonchev–Trinajstić information content (AvgIpc) is 3.00. The van der Waals surface area contributed by atoms with Crippen LogP contribution in [0.15, 0.2) is 102 Å². The molecule has 0 bridgehead atoms. The van der Waals surface area contributed by atoms with Crippen molar-refractivity contribution in [3.63, 3.8) is 0 Å². The second-order valence-electron chi connectivity index (χ2n) is 12.6. The number of nitrogens with zero attached hydrogens (tertiary/aromatic N) is 2. The van der Waals surface area contributed by atoms with Gasteiger partial charge in [0.05, 0.1) is 10.6 Å². The van der Waals surface area contributed by atoms with E-state index < -0.39 is 45.8 Å². The molecule has 0 saturated heterocycles. The van der Waals surface area contributed by atoms with E-state index in [-0.39, 0.29) is 23.4 Å². The Bertz CT molecular complexity index is 1790. The molecule has 4 rings (SSSR count). The molecule has 0 aliphatic carbocycles. The number of amides is 2. The quantitative estimate of drug-likeness (QED) is 0.202. The number of nitrogens with one attached hydrogen (secondary N) is 1. The van der Waals surface area contributed by atoms with Crippen LogP contribution < -0.4 is 9.62 Å². The van der Waals surface area contributed by atoms with Crippen molar-refractivity contribution in [1.82, 2.24) is 10.2 Å². The van der Waals surface area contributed by atoms with E-state index in [4.69, 9.17) is 0 Å². The second kappa shape index (κ2) is 14.3. The fraction of sp³-hybridized carbons (Fsp3) is 0.297. The lowest BCUT2D eigenvalue weighted by molar-refractivity contribution is -0.140. The van der Waals surface area contributed by atoms with Crippen molar-refractivity contribution in [2.24, 2.45) is 0 Å². The first-order chi connectivity index (χ1) is 21.7. The monoisotopic (exact) mass is 643 g/mol. The number of sulfonamides is 1. The maximum atomic E-state index is 15.1. The maximum Gasteiger partial charge on any atom is 0.264 e. The highest BCUT2D eigenvalue weighted by Crippen LogP contribution is 2.29. The van der Waals surface area contributed by atoms with Crippen molar-refractivity contribution in [3.8, 4) is 0 Å². The molecular weight excluding hydrogens is 601 g/mol. The van der Waals surface area contributed by atoms with Gasteiger partial charge in [0, 0.05) is 24.1 Å². The van der Waals surface area contributed by atoms with Crippen LogP contribution in [-0.4, -0.2) is 43.3 Å². The molecule has 2 amide bonds. The highest BCUT2D eigenvalue weighted by molar-refractivity contribution is 7.92. The first-order valence-corrected chi connectivity index (χ1v) is 16.7. The van der Waals surface area contributed by atoms with E-state index in [0.29, 0.717) is 11.3 Å². The highest BCUT2D eigenvalue weighted by Gasteiger charge is 2.36. The van der Waals surface area contributed by atoms with Crippen molar-refractivity contribution in [3.05, 3.63) is 131 Å². The number of carbonyl (C=O) groups excluding carboxylic acids is 2. The summed E-state index contributed by atoms with van der Waals surface area (Å²) in [5.41, 5.74) is 3.15. The van der Waals surface area contributed by atoms with Gasteiger partial charge in [-0.05, 0) is 82.5 Å². The van der Waals surface area contributed by atoms with Gasteiger partial charge in [0.25, 0.3) is 10.0 Å². The number of halogens is 1. The Morgan fingerprint density at radius 3 is 2.09 bits per heavy atom. The Morgan fingerprint density at radius 2 is 1.46 bits per heavy atom. The molecule has 242 valence electrons. The molecule has 46 heavy (non-hydrogen) atoms. The molecule has 0 radical (unpaired) electrons. The molecular formula is C37H42FN3O4S. The van der Waals surface area contributed by atoms with Gasteiger partial charge < -0.3 is 10.2 Å². The minimum atomic E-state index is -4.24. The molecule has 0 fully saturated rings. The van der Waals surface area contributed by atoms with Gasteiger partial charge in [-0.1, -0.05) is 78.4 Å². The number of anilines is 1. The van der Waals surface area contributed by atoms with Gasteiger partial charge in [0.15, 0.2) is 0 Å². The third-order valence-corrected chi connectivity index (χ3v) is 9.57. The molecule has 0 aromatic heterocycles. The summed E-state index contributed by atoms with van der Waals surface area (Å²) >= 11 is 0. The molecule has 0 aliphatic heterocycles. The van der Waals surface area contributed by atoms with Gasteiger partial charge in [0.1, 0.15) is 18.4 Å². The summed E-state index contributed by atoms with van der Waals surface area (Å²) in [7, 11) is -4.24. The molecule has 0 heterocycles. The van der Waals surface area contributed by atoms with Gasteiger partial charge in [-0.3, -0.25) is 13.9 Å². The van der Waals surface area contributed by atoms with Crippen molar-refractivity contribution in [2.45, 2.75) is 71.0 Å². The van der Waals surface area contributed by atoms with Crippen molar-refractivity contribution >= 4 is 27.5 Å². The molecule has 1 atom stereocenters. The summed E-state index contributed by atoms with van der Waals surface area (Å²) in [6.45, 7) is 10.2. The van der Waals surface area contributed by atoms with E-state index in [2.05, 4.69) is 5.32 Å². The highest BCUT2D eigenvalue weighted by atomic mass is 32.2. The zero-order chi connectivity index (χ0) is 33.6. The summed E-state index contributed by atoms with van der Waals surface area (Å²) in [5.74, 6) is -1.61. The summed E-state index contributed by atoms with van der Waals surface area (Å²) < 4.78 is 44.7. The Labute approximate surface area is 272 Å². The minimum absolute atomic E-state index is 0.0266. The number of hydrogen-bond donors (Lipinski definition) is 1. The van der Waals surface area contributed by atoms with Crippen LogP contribution in [0.5, 0.6) is 0 Å². The topological polar surface area (TPSA) is 86.8 Å². The fourth-order valence-electron chi connectivity index (χ4n) is 5.17. The standard InChI is InChI=1S/C37H42FN3O4S/c1-26-19-21-31(22-20-26)46(44,45)41(33-18-12-13-27(2)28(33)3)25-35(42)40(24-30-16-10-11-17-32(30)38)34(36(43)39-37(4,5)6)23-29-14-8-7-9-15-29/h7-22,34H,23-25H2,1-6H3,(H,39,43)/t34-/m1/s1. The fourth-order valence-corrected chi connectivity index (χ4v) is 6.65. The number of hydrogen-bond acceptors (Lipinski definition) is 4. The van der Waals surface area contributed by atoms with E-state index in [0.717, 1.165) is 21.0 Å². The predicted molar refractivity (Wildman–Crippen MR) is 180 cm³/mol. The first kappa shape index (κ1) is 34.4. The summed E-state index contributed by atoms with van der Waals surface area (Å²) in [6.07, 6.45) is 0.136. The van der Waals surface area contributed by atoms with E-state index in [1.54, 1.807) is 49.4 Å². The number of rotatable bonds is 11. The molecule has 1 N–H and O–H groups in total. The van der Waals surface area contributed by atoms with Gasteiger partial charge in [-0.25, -0.2) is 12.8 Å². The van der Waals surface area contributed by atoms with Crippen LogP contribution in [-0.2, 0) is 32.6 Å². The van der Waals surface area contributed by atoms with Crippen LogP contribution in [0.1, 0.15) is 48.6 Å². The molecule has 0 spiro atoms. The van der Waals surface area contributed by atoms with Gasteiger partial charge in [-0.15, -0.1) is 0 Å². The molecule has 4 aromatic rings. The lowest BCUT2D eigenvalue weighted by Crippen LogP contribution is -2.56. The van der Waals surface area contributed by atoms with E-state index in [1.807, 2.05) is 71.0 Å². The molecule has 0 saturated carbocycles. The van der Waals surface area contributed by atoms with Crippen LogP contribution in [0.25, 0.3) is 0 Å². The van der Waals surface area contributed by atoms with Crippen LogP contribution in [0.4, 0.5) is 10.1 Å². The molecule has 4 aromatic carbocycles. The SMILES string of the molecule is Cc1ccc(S(=O)(=O)N(CC(=O)N(Cc2ccccc2F)[C@H](Cc2ccccc2)C(=O)NC(C)(C)C)c2cccc(C)c2C)cc1. The molecule has 0 aliphatic rings. The van der Waals surface area contributed by atoms with Crippen molar-refractivity contribution < 1.29 is 22.4 Å². The van der Waals surface area contributed by atoms with E-state index in [1.165, 1.54) is 23.1 Å². The van der Waals surface area contributed by atoms with Crippen LogP contribution >= 0.6 is 0 Å². The molecule has 7 nitrogen and oxygen atoms in total. The van der Waals surface area contributed by atoms with Crippen LogP contribution in [0.2, 0.25) is 0 Å². The predicted octanol–water partition coefficient (Wildman–Crippen LogP) is 6.50. The summed E-state index contributed by atoms with van der Waals surface area (Å²) in [4.78, 5) is 29.9. The van der Waals surface area contributed by atoms with E-state index in [9.17, 15) is 18.0 Å². The summed E-state index contributed by atoms with van der Waals surface area (Å²) in [5, 5.41) is 2.98. The zero-order valence-corrected chi connectivity index (χ0v) is 28.1. The third kappa shape index (κ3) is 8.40. The largest absolute Gasteiger partial charge is 0.350 e. The lowest BCUT2D eigenvalue weighted by Gasteiger charge is -2.35. The van der Waals surface area contributed by atoms with Gasteiger partial charge >= 0.3 is 0 Å².